The number of benzene rings is 2. The van der Waals surface area contributed by atoms with Crippen LogP contribution in [0, 0.1) is 5.82 Å². The zero-order chi connectivity index (χ0) is 14.7. The topological polar surface area (TPSA) is 35.2 Å². The number of nitrogens with two attached hydrogens (primary N) is 1. The van der Waals surface area contributed by atoms with Gasteiger partial charge in [0.05, 0.1) is 4.47 Å². The Morgan fingerprint density at radius 1 is 1.20 bits per heavy atom. The molecule has 0 heterocycles. The highest BCUT2D eigenvalue weighted by atomic mass is 79.9. The van der Waals surface area contributed by atoms with E-state index in [9.17, 15) is 4.39 Å². The number of thiocarbonyl (C=S) groups is 1. The highest BCUT2D eigenvalue weighted by Gasteiger charge is 2.09. The van der Waals surface area contributed by atoms with E-state index < -0.39 is 0 Å². The zero-order valence-corrected chi connectivity index (χ0v) is 14.2. The Morgan fingerprint density at radius 3 is 2.60 bits per heavy atom. The Balaban J connectivity index is 2.20. The first kappa shape index (κ1) is 15.4. The summed E-state index contributed by atoms with van der Waals surface area (Å²) in [4.78, 5) is 0.151. The third-order valence-electron chi connectivity index (χ3n) is 2.61. The van der Waals surface area contributed by atoms with Crippen molar-refractivity contribution < 1.29 is 9.13 Å². The van der Waals surface area contributed by atoms with Crippen LogP contribution in [0.15, 0.2) is 45.3 Å². The van der Waals surface area contributed by atoms with Crippen LogP contribution in [-0.4, -0.2) is 4.99 Å². The first-order chi connectivity index (χ1) is 9.47. The van der Waals surface area contributed by atoms with Gasteiger partial charge in [-0.15, -0.1) is 0 Å². The van der Waals surface area contributed by atoms with Crippen molar-refractivity contribution in [2.24, 2.45) is 5.73 Å². The summed E-state index contributed by atoms with van der Waals surface area (Å²) in [6.07, 6.45) is 0. The van der Waals surface area contributed by atoms with E-state index in [0.717, 1.165) is 14.5 Å². The van der Waals surface area contributed by atoms with Gasteiger partial charge in [0.2, 0.25) is 0 Å². The van der Waals surface area contributed by atoms with Crippen LogP contribution in [0.1, 0.15) is 11.1 Å². The van der Waals surface area contributed by atoms with Crippen LogP contribution in [0.3, 0.4) is 0 Å². The lowest BCUT2D eigenvalue weighted by molar-refractivity contribution is 0.304. The van der Waals surface area contributed by atoms with Gasteiger partial charge in [-0.2, -0.15) is 0 Å². The number of hydrogen-bond acceptors (Lipinski definition) is 2. The van der Waals surface area contributed by atoms with Gasteiger partial charge < -0.3 is 10.5 Å². The molecule has 0 aliphatic heterocycles. The second-order valence-corrected chi connectivity index (χ2v) is 6.24. The normalized spacial score (nSPS) is 10.3. The summed E-state index contributed by atoms with van der Waals surface area (Å²) >= 11 is 11.7. The van der Waals surface area contributed by atoms with Crippen LogP contribution in [-0.2, 0) is 6.61 Å². The van der Waals surface area contributed by atoms with Crippen LogP contribution in [0.5, 0.6) is 5.75 Å². The molecule has 2 rings (SSSR count). The van der Waals surface area contributed by atoms with E-state index in [0.29, 0.717) is 11.3 Å². The van der Waals surface area contributed by atoms with Crippen molar-refractivity contribution in [3.05, 3.63) is 62.3 Å². The summed E-state index contributed by atoms with van der Waals surface area (Å²) in [5.41, 5.74) is 6.83. The molecule has 0 saturated heterocycles. The Hall–Kier alpha value is -0.980. The van der Waals surface area contributed by atoms with E-state index >= 15 is 0 Å². The molecule has 0 amide bonds. The fourth-order valence-electron chi connectivity index (χ4n) is 1.65. The summed E-state index contributed by atoms with van der Waals surface area (Å²) < 4.78 is 20.7. The van der Waals surface area contributed by atoms with Crippen molar-refractivity contribution in [3.63, 3.8) is 0 Å². The van der Waals surface area contributed by atoms with E-state index in [1.54, 1.807) is 6.07 Å². The summed E-state index contributed by atoms with van der Waals surface area (Å²) in [6.45, 7) is 0.257. The molecule has 0 aliphatic rings. The quantitative estimate of drug-likeness (QED) is 0.739. The minimum absolute atomic E-state index is 0.151. The SMILES string of the molecule is NC(=S)c1cc(F)ccc1COc1ccc(Br)cc1Br. The number of ether oxygens (including phenoxy) is 1. The van der Waals surface area contributed by atoms with Gasteiger partial charge in [0, 0.05) is 10.0 Å². The van der Waals surface area contributed by atoms with Crippen molar-refractivity contribution in [1.82, 2.24) is 0 Å². The van der Waals surface area contributed by atoms with Gasteiger partial charge in [0.25, 0.3) is 0 Å². The molecule has 0 fully saturated rings. The lowest BCUT2D eigenvalue weighted by atomic mass is 10.1. The Kier molecular flexibility index (Phi) is 5.12. The largest absolute Gasteiger partial charge is 0.488 e. The second kappa shape index (κ2) is 6.65. The predicted octanol–water partition coefficient (Wildman–Crippen LogP) is 4.56. The molecule has 2 N–H and O–H groups in total. The van der Waals surface area contributed by atoms with Gasteiger partial charge in [-0.05, 0) is 51.8 Å². The smallest absolute Gasteiger partial charge is 0.134 e. The Labute approximate surface area is 138 Å². The van der Waals surface area contributed by atoms with Crippen molar-refractivity contribution in [2.45, 2.75) is 6.61 Å². The van der Waals surface area contributed by atoms with Crippen molar-refractivity contribution in [2.75, 3.05) is 0 Å². The second-order valence-electron chi connectivity index (χ2n) is 4.03. The minimum Gasteiger partial charge on any atom is -0.488 e. The zero-order valence-electron chi connectivity index (χ0n) is 10.2. The van der Waals surface area contributed by atoms with Crippen LogP contribution >= 0.6 is 44.1 Å². The molecular weight excluding hydrogens is 409 g/mol. The number of hydrogen-bond donors (Lipinski definition) is 1. The fraction of sp³-hybridized carbons (Fsp3) is 0.0714. The van der Waals surface area contributed by atoms with E-state index in [1.807, 2.05) is 18.2 Å². The third kappa shape index (κ3) is 3.77. The van der Waals surface area contributed by atoms with E-state index in [2.05, 4.69) is 31.9 Å². The molecule has 0 aromatic heterocycles. The van der Waals surface area contributed by atoms with Gasteiger partial charge in [-0.25, -0.2) is 4.39 Å². The first-order valence-electron chi connectivity index (χ1n) is 5.63. The summed E-state index contributed by atoms with van der Waals surface area (Å²) in [5, 5.41) is 0. The average Bonchev–Trinajstić information content (AvgIpc) is 2.38. The first-order valence-corrected chi connectivity index (χ1v) is 7.63. The lowest BCUT2D eigenvalue weighted by Crippen LogP contribution is -2.14. The molecule has 20 heavy (non-hydrogen) atoms. The van der Waals surface area contributed by atoms with Gasteiger partial charge >= 0.3 is 0 Å². The predicted molar refractivity (Wildman–Crippen MR) is 88.5 cm³/mol. The monoisotopic (exact) mass is 417 g/mol. The molecule has 0 bridgehead atoms. The Morgan fingerprint density at radius 2 is 1.95 bits per heavy atom. The standard InChI is InChI=1S/C14H10Br2FNOS/c15-9-2-4-13(12(16)5-9)19-7-8-1-3-10(17)6-11(8)14(18)20/h1-6H,7H2,(H2,18,20). The maximum Gasteiger partial charge on any atom is 0.134 e. The van der Waals surface area contributed by atoms with Gasteiger partial charge in [0.1, 0.15) is 23.2 Å². The molecule has 0 saturated carbocycles. The van der Waals surface area contributed by atoms with Gasteiger partial charge in [-0.3, -0.25) is 0 Å². The Bertz CT molecular complexity index is 664. The highest BCUT2D eigenvalue weighted by Crippen LogP contribution is 2.29. The minimum atomic E-state index is -0.374. The van der Waals surface area contributed by atoms with Gasteiger partial charge in [-0.1, -0.05) is 34.2 Å². The molecule has 104 valence electrons. The van der Waals surface area contributed by atoms with Crippen LogP contribution < -0.4 is 10.5 Å². The summed E-state index contributed by atoms with van der Waals surface area (Å²) in [6, 6.07) is 9.89. The van der Waals surface area contributed by atoms with E-state index in [4.69, 9.17) is 22.7 Å². The molecule has 0 aliphatic carbocycles. The molecular formula is C14H10Br2FNOS. The molecule has 2 nitrogen and oxygen atoms in total. The average molecular weight is 419 g/mol. The lowest BCUT2D eigenvalue weighted by Gasteiger charge is -2.11. The van der Waals surface area contributed by atoms with Gasteiger partial charge in [0.15, 0.2) is 0 Å². The molecule has 0 radical (unpaired) electrons. The molecule has 0 unspecified atom stereocenters. The highest BCUT2D eigenvalue weighted by molar-refractivity contribution is 9.11. The van der Waals surface area contributed by atoms with Crippen LogP contribution in [0.2, 0.25) is 0 Å². The molecule has 2 aromatic carbocycles. The third-order valence-corrected chi connectivity index (χ3v) is 3.95. The summed E-state index contributed by atoms with van der Waals surface area (Å²) in [5.74, 6) is 0.313. The van der Waals surface area contributed by atoms with Crippen molar-refractivity contribution in [1.29, 1.82) is 0 Å². The number of halogens is 3. The molecule has 6 heteroatoms. The van der Waals surface area contributed by atoms with Crippen molar-refractivity contribution in [3.8, 4) is 5.75 Å². The molecule has 0 atom stereocenters. The van der Waals surface area contributed by atoms with Crippen LogP contribution in [0.25, 0.3) is 0 Å². The van der Waals surface area contributed by atoms with Crippen molar-refractivity contribution >= 4 is 49.1 Å². The molecule has 2 aromatic rings. The summed E-state index contributed by atoms with van der Waals surface area (Å²) in [7, 11) is 0. The van der Waals surface area contributed by atoms with Crippen LogP contribution in [0.4, 0.5) is 4.39 Å². The van der Waals surface area contributed by atoms with E-state index in [-0.39, 0.29) is 17.4 Å². The number of rotatable bonds is 4. The maximum atomic E-state index is 13.2. The van der Waals surface area contributed by atoms with E-state index in [1.165, 1.54) is 12.1 Å². The maximum absolute atomic E-state index is 13.2. The fourth-order valence-corrected chi connectivity index (χ4v) is 3.00. The molecule has 0 spiro atoms.